The van der Waals surface area contributed by atoms with Crippen LogP contribution in [0.25, 0.3) is 5.57 Å². The van der Waals surface area contributed by atoms with Gasteiger partial charge in [0.1, 0.15) is 17.4 Å². The van der Waals surface area contributed by atoms with Crippen LogP contribution in [0.5, 0.6) is 5.75 Å². The van der Waals surface area contributed by atoms with E-state index in [1.807, 2.05) is 6.08 Å². The quantitative estimate of drug-likeness (QED) is 0.624. The molecule has 10 heteroatoms. The Hall–Kier alpha value is -3.14. The van der Waals surface area contributed by atoms with E-state index < -0.39 is 24.0 Å². The van der Waals surface area contributed by atoms with Crippen LogP contribution in [0.2, 0.25) is 0 Å². The predicted octanol–water partition coefficient (Wildman–Crippen LogP) is 4.65. The summed E-state index contributed by atoms with van der Waals surface area (Å²) in [7, 11) is 0. The lowest BCUT2D eigenvalue weighted by atomic mass is 9.82. The van der Waals surface area contributed by atoms with E-state index in [2.05, 4.69) is 9.72 Å². The number of likely N-dealkylation sites (tertiary alicyclic amines) is 1. The molecule has 182 valence electrons. The molecular formula is C24H25F4N3O3. The second-order valence-corrected chi connectivity index (χ2v) is 8.58. The summed E-state index contributed by atoms with van der Waals surface area (Å²) in [5.74, 6) is -1.07. The number of nitrogens with two attached hydrogens (primary N) is 1. The molecule has 6 nitrogen and oxygen atoms in total. The van der Waals surface area contributed by atoms with E-state index >= 15 is 0 Å². The number of rotatable bonds is 4. The molecule has 1 unspecified atom stereocenters. The Morgan fingerprint density at radius 1 is 1.15 bits per heavy atom. The molecule has 1 amide bonds. The van der Waals surface area contributed by atoms with Gasteiger partial charge in [-0.15, -0.1) is 13.2 Å². The maximum atomic E-state index is 15.0. The summed E-state index contributed by atoms with van der Waals surface area (Å²) >= 11 is 0. The van der Waals surface area contributed by atoms with Crippen LogP contribution in [0.15, 0.2) is 36.5 Å². The van der Waals surface area contributed by atoms with Gasteiger partial charge in [0.25, 0.3) is 5.91 Å². The number of hydrogen-bond donors (Lipinski definition) is 2. The Balaban J connectivity index is 1.47. The van der Waals surface area contributed by atoms with Gasteiger partial charge >= 0.3 is 6.36 Å². The molecule has 1 aromatic carbocycles. The molecular weight excluding hydrogens is 454 g/mol. The Morgan fingerprint density at radius 3 is 2.41 bits per heavy atom. The number of nitrogen functional groups attached to an aromatic ring is 1. The van der Waals surface area contributed by atoms with Crippen LogP contribution in [0.4, 0.5) is 23.4 Å². The Bertz CT molecular complexity index is 1080. The topological polar surface area (TPSA) is 88.7 Å². The number of nitrogens with zero attached hydrogens (tertiary/aromatic N) is 2. The van der Waals surface area contributed by atoms with Crippen LogP contribution < -0.4 is 10.5 Å². The normalized spacial score (nSPS) is 19.6. The molecule has 2 aromatic rings. The lowest BCUT2D eigenvalue weighted by Crippen LogP contribution is -2.38. The number of aromatic nitrogens is 1. The molecule has 1 saturated heterocycles. The first-order chi connectivity index (χ1) is 16.1. The lowest BCUT2D eigenvalue weighted by molar-refractivity contribution is -0.274. The highest BCUT2D eigenvalue weighted by molar-refractivity contribution is 5.94. The molecule has 34 heavy (non-hydrogen) atoms. The Kier molecular flexibility index (Phi) is 6.79. The molecule has 0 saturated carbocycles. The SMILES string of the molecule is Nc1ncc(F)c(C2CCN(C(=O)c3ccc(OC(F)(F)F)cc3)CC2)c1C1=CCC(O)CC1. The number of pyridine rings is 1. The molecule has 2 aliphatic rings. The van der Waals surface area contributed by atoms with E-state index in [1.165, 1.54) is 12.1 Å². The maximum absolute atomic E-state index is 15.0. The highest BCUT2D eigenvalue weighted by Gasteiger charge is 2.32. The number of ether oxygens (including phenoxy) is 1. The molecule has 0 spiro atoms. The number of halogens is 4. The lowest BCUT2D eigenvalue weighted by Gasteiger charge is -2.34. The van der Waals surface area contributed by atoms with Crippen LogP contribution in [-0.4, -0.2) is 46.5 Å². The summed E-state index contributed by atoms with van der Waals surface area (Å²) in [6.07, 6.45) is 0.419. The van der Waals surface area contributed by atoms with E-state index in [1.54, 1.807) is 4.90 Å². The zero-order chi connectivity index (χ0) is 24.5. The van der Waals surface area contributed by atoms with Crippen LogP contribution in [0, 0.1) is 5.82 Å². The molecule has 1 aliphatic heterocycles. The van der Waals surface area contributed by atoms with Crippen LogP contribution >= 0.6 is 0 Å². The predicted molar refractivity (Wildman–Crippen MR) is 117 cm³/mol. The van der Waals surface area contributed by atoms with Crippen molar-refractivity contribution in [2.45, 2.75) is 50.5 Å². The summed E-state index contributed by atoms with van der Waals surface area (Å²) < 4.78 is 55.8. The van der Waals surface area contributed by atoms with E-state index in [9.17, 15) is 27.5 Å². The molecule has 0 radical (unpaired) electrons. The van der Waals surface area contributed by atoms with Gasteiger partial charge in [0, 0.05) is 29.8 Å². The number of anilines is 1. The van der Waals surface area contributed by atoms with Crippen molar-refractivity contribution in [3.8, 4) is 5.75 Å². The monoisotopic (exact) mass is 479 g/mol. The van der Waals surface area contributed by atoms with Gasteiger partial charge in [0.05, 0.1) is 12.3 Å². The number of piperidine rings is 1. The van der Waals surface area contributed by atoms with Gasteiger partial charge in [-0.2, -0.15) is 0 Å². The molecule has 3 N–H and O–H groups in total. The smallest absolute Gasteiger partial charge is 0.406 e. The molecule has 1 atom stereocenters. The maximum Gasteiger partial charge on any atom is 0.573 e. The molecule has 1 aliphatic carbocycles. The second kappa shape index (κ2) is 9.61. The van der Waals surface area contributed by atoms with Gasteiger partial charge in [0.2, 0.25) is 0 Å². The van der Waals surface area contributed by atoms with Crippen molar-refractivity contribution < 1.29 is 32.2 Å². The van der Waals surface area contributed by atoms with Crippen molar-refractivity contribution in [3.63, 3.8) is 0 Å². The summed E-state index contributed by atoms with van der Waals surface area (Å²) in [5.41, 5.74) is 8.36. The molecule has 4 rings (SSSR count). The van der Waals surface area contributed by atoms with Gasteiger partial charge < -0.3 is 20.5 Å². The Labute approximate surface area is 194 Å². The van der Waals surface area contributed by atoms with Crippen LogP contribution in [0.1, 0.15) is 59.5 Å². The minimum absolute atomic E-state index is 0.167. The fourth-order valence-electron chi connectivity index (χ4n) is 4.65. The van der Waals surface area contributed by atoms with Gasteiger partial charge in [-0.25, -0.2) is 9.37 Å². The largest absolute Gasteiger partial charge is 0.573 e. The average molecular weight is 479 g/mol. The third-order valence-electron chi connectivity index (χ3n) is 6.33. The third-order valence-corrected chi connectivity index (χ3v) is 6.33. The van der Waals surface area contributed by atoms with Crippen molar-refractivity contribution in [2.75, 3.05) is 18.8 Å². The molecule has 2 heterocycles. The number of carbonyl (C=O) groups is 1. The fraction of sp³-hybridized carbons (Fsp3) is 0.417. The van der Waals surface area contributed by atoms with Crippen molar-refractivity contribution in [3.05, 3.63) is 59.0 Å². The van der Waals surface area contributed by atoms with Gasteiger partial charge in [-0.1, -0.05) is 6.08 Å². The van der Waals surface area contributed by atoms with E-state index in [0.717, 1.165) is 23.9 Å². The van der Waals surface area contributed by atoms with E-state index in [-0.39, 0.29) is 23.2 Å². The van der Waals surface area contributed by atoms with Gasteiger partial charge in [-0.05, 0) is 67.9 Å². The molecule has 1 aromatic heterocycles. The standard InChI is InChI=1S/C24H25F4N3O3/c25-19-13-30-22(29)21(14-1-5-17(32)6-2-14)20(19)15-9-11-31(12-10-15)23(33)16-3-7-18(8-4-16)34-24(26,27)28/h1,3-4,7-8,13,15,17,32H,2,5-6,9-12H2,(H2,29,30). The van der Waals surface area contributed by atoms with E-state index in [4.69, 9.17) is 5.73 Å². The zero-order valence-electron chi connectivity index (χ0n) is 18.3. The number of benzene rings is 1. The summed E-state index contributed by atoms with van der Waals surface area (Å²) in [6.45, 7) is 0.729. The van der Waals surface area contributed by atoms with Crippen molar-refractivity contribution >= 4 is 17.3 Å². The number of aliphatic hydroxyl groups excluding tert-OH is 1. The van der Waals surface area contributed by atoms with Crippen LogP contribution in [-0.2, 0) is 0 Å². The van der Waals surface area contributed by atoms with Crippen molar-refractivity contribution in [2.24, 2.45) is 0 Å². The number of alkyl halides is 3. The fourth-order valence-corrected chi connectivity index (χ4v) is 4.65. The summed E-state index contributed by atoms with van der Waals surface area (Å²) in [5, 5.41) is 9.80. The first-order valence-electron chi connectivity index (χ1n) is 11.1. The number of amides is 1. The zero-order valence-corrected chi connectivity index (χ0v) is 18.3. The minimum atomic E-state index is -4.80. The number of hydrogen-bond acceptors (Lipinski definition) is 5. The first kappa shape index (κ1) is 24.0. The number of allylic oxidation sites excluding steroid dienone is 1. The summed E-state index contributed by atoms with van der Waals surface area (Å²) in [6, 6.07) is 4.79. The van der Waals surface area contributed by atoms with Gasteiger partial charge in [-0.3, -0.25) is 4.79 Å². The first-order valence-corrected chi connectivity index (χ1v) is 11.1. The minimum Gasteiger partial charge on any atom is -0.406 e. The van der Waals surface area contributed by atoms with Crippen molar-refractivity contribution in [1.29, 1.82) is 0 Å². The van der Waals surface area contributed by atoms with E-state index in [0.29, 0.717) is 56.3 Å². The molecule has 1 fully saturated rings. The molecule has 0 bridgehead atoms. The number of carbonyl (C=O) groups excluding carboxylic acids is 1. The number of aliphatic hydroxyl groups is 1. The van der Waals surface area contributed by atoms with Crippen molar-refractivity contribution in [1.82, 2.24) is 9.88 Å². The summed E-state index contributed by atoms with van der Waals surface area (Å²) in [4.78, 5) is 18.4. The second-order valence-electron chi connectivity index (χ2n) is 8.58. The van der Waals surface area contributed by atoms with Crippen LogP contribution in [0.3, 0.4) is 0 Å². The highest BCUT2D eigenvalue weighted by atomic mass is 19.4. The average Bonchev–Trinajstić information content (AvgIpc) is 2.80. The van der Waals surface area contributed by atoms with Gasteiger partial charge in [0.15, 0.2) is 0 Å². The highest BCUT2D eigenvalue weighted by Crippen LogP contribution is 2.40. The third kappa shape index (κ3) is 5.32. The Morgan fingerprint density at radius 2 is 1.82 bits per heavy atom.